The van der Waals surface area contributed by atoms with Crippen molar-refractivity contribution >= 4 is 22.4 Å². The van der Waals surface area contributed by atoms with Crippen LogP contribution in [0.4, 0.5) is 5.69 Å². The number of hydrogen-bond acceptors (Lipinski definition) is 3. The maximum absolute atomic E-state index is 12.2. The summed E-state index contributed by atoms with van der Waals surface area (Å²) < 4.78 is 12.2. The average molecular weight is 282 g/mol. The molecule has 1 aromatic carbocycles. The zero-order valence-corrected chi connectivity index (χ0v) is 12.5. The summed E-state index contributed by atoms with van der Waals surface area (Å²) in [5.41, 5.74) is 7.25. The fraction of sp³-hybridized carbons (Fsp3) is 0.500. The number of nitrogens with one attached hydrogen (secondary N) is 1. The van der Waals surface area contributed by atoms with Crippen molar-refractivity contribution in [1.82, 2.24) is 5.32 Å². The number of carbonyl (C=O) groups is 1. The maximum atomic E-state index is 12.2. The zero-order valence-electron chi connectivity index (χ0n) is 11.7. The number of amides is 1. The lowest BCUT2D eigenvalue weighted by molar-refractivity contribution is -0.119. The molecule has 0 fully saturated rings. The Balaban J connectivity index is 2.69. The van der Waals surface area contributed by atoms with Crippen LogP contribution in [0.15, 0.2) is 23.1 Å². The van der Waals surface area contributed by atoms with Gasteiger partial charge in [0.25, 0.3) is 0 Å². The summed E-state index contributed by atoms with van der Waals surface area (Å²) in [5.74, 6) is -0.225. The summed E-state index contributed by atoms with van der Waals surface area (Å²) in [5, 5.41) is 2.88. The molecule has 1 aromatic rings. The Hall–Kier alpha value is -1.36. The number of nitrogens with two attached hydrogens (primary N) is 1. The Labute approximate surface area is 117 Å². The standard InChI is InChI=1S/C14H22N2O2S/c1-4-11(5-2)16-14(17)9-19(18)13-8-10(3)6-7-12(13)15/h6-8,11H,4-5,9,15H2,1-3H3,(H,16,17). The molecule has 5 heteroatoms. The molecule has 19 heavy (non-hydrogen) atoms. The quantitative estimate of drug-likeness (QED) is 0.784. The number of aryl methyl sites for hydroxylation is 1. The number of carbonyl (C=O) groups excluding carboxylic acids is 1. The van der Waals surface area contributed by atoms with Gasteiger partial charge in [-0.2, -0.15) is 0 Å². The van der Waals surface area contributed by atoms with Crippen LogP contribution in [0.5, 0.6) is 0 Å². The monoisotopic (exact) mass is 282 g/mol. The smallest absolute Gasteiger partial charge is 0.233 e. The van der Waals surface area contributed by atoms with Gasteiger partial charge < -0.3 is 11.1 Å². The molecule has 1 amide bonds. The highest BCUT2D eigenvalue weighted by Gasteiger charge is 2.15. The summed E-state index contributed by atoms with van der Waals surface area (Å²) in [4.78, 5) is 12.3. The van der Waals surface area contributed by atoms with E-state index in [1.807, 2.05) is 26.8 Å². The van der Waals surface area contributed by atoms with E-state index in [0.29, 0.717) is 10.6 Å². The molecule has 0 aromatic heterocycles. The van der Waals surface area contributed by atoms with Gasteiger partial charge in [0, 0.05) is 11.7 Å². The molecule has 1 atom stereocenters. The van der Waals surface area contributed by atoms with E-state index in [0.717, 1.165) is 18.4 Å². The Morgan fingerprint density at radius 2 is 2.00 bits per heavy atom. The molecule has 0 spiro atoms. The van der Waals surface area contributed by atoms with Gasteiger partial charge in [0.2, 0.25) is 5.91 Å². The van der Waals surface area contributed by atoms with E-state index >= 15 is 0 Å². The van der Waals surface area contributed by atoms with Gasteiger partial charge in [-0.05, 0) is 37.5 Å². The molecule has 0 saturated carbocycles. The number of nitrogen functional groups attached to an aromatic ring is 1. The third-order valence-corrected chi connectivity index (χ3v) is 4.40. The molecule has 0 aliphatic heterocycles. The largest absolute Gasteiger partial charge is 0.398 e. The molecule has 0 radical (unpaired) electrons. The second-order valence-corrected chi connectivity index (χ2v) is 6.03. The van der Waals surface area contributed by atoms with E-state index in [1.165, 1.54) is 0 Å². The fourth-order valence-corrected chi connectivity index (χ4v) is 2.92. The van der Waals surface area contributed by atoms with Crippen LogP contribution in [0.3, 0.4) is 0 Å². The molecule has 0 aliphatic rings. The molecule has 0 saturated heterocycles. The van der Waals surface area contributed by atoms with Gasteiger partial charge in [0.15, 0.2) is 0 Å². The van der Waals surface area contributed by atoms with Crippen molar-refractivity contribution in [2.24, 2.45) is 0 Å². The van der Waals surface area contributed by atoms with Gasteiger partial charge in [0.05, 0.1) is 15.7 Å². The van der Waals surface area contributed by atoms with Gasteiger partial charge in [-0.25, -0.2) is 0 Å². The van der Waals surface area contributed by atoms with Crippen molar-refractivity contribution in [2.45, 2.75) is 44.6 Å². The predicted molar refractivity (Wildman–Crippen MR) is 79.4 cm³/mol. The first-order valence-corrected chi connectivity index (χ1v) is 7.83. The first kappa shape index (κ1) is 15.7. The molecule has 1 rings (SSSR count). The van der Waals surface area contributed by atoms with Gasteiger partial charge >= 0.3 is 0 Å². The molecule has 106 valence electrons. The minimum Gasteiger partial charge on any atom is -0.398 e. The average Bonchev–Trinajstić information content (AvgIpc) is 2.38. The van der Waals surface area contributed by atoms with Crippen LogP contribution in [0.2, 0.25) is 0 Å². The lowest BCUT2D eigenvalue weighted by Gasteiger charge is -2.14. The second kappa shape index (κ2) is 7.28. The van der Waals surface area contributed by atoms with Crippen LogP contribution in [0.1, 0.15) is 32.3 Å². The van der Waals surface area contributed by atoms with Crippen molar-refractivity contribution in [3.05, 3.63) is 23.8 Å². The predicted octanol–water partition coefficient (Wildman–Crippen LogP) is 1.99. The first-order valence-electron chi connectivity index (χ1n) is 6.51. The van der Waals surface area contributed by atoms with Gasteiger partial charge in [0.1, 0.15) is 5.75 Å². The highest BCUT2D eigenvalue weighted by molar-refractivity contribution is 7.86. The van der Waals surface area contributed by atoms with Crippen molar-refractivity contribution in [2.75, 3.05) is 11.5 Å². The van der Waals surface area contributed by atoms with Crippen LogP contribution < -0.4 is 11.1 Å². The minimum atomic E-state index is -1.39. The molecule has 0 heterocycles. The molecule has 0 aliphatic carbocycles. The van der Waals surface area contributed by atoms with E-state index in [9.17, 15) is 9.00 Å². The van der Waals surface area contributed by atoms with Crippen LogP contribution >= 0.6 is 0 Å². The third-order valence-electron chi connectivity index (χ3n) is 3.03. The van der Waals surface area contributed by atoms with Crippen molar-refractivity contribution in [3.8, 4) is 0 Å². The van der Waals surface area contributed by atoms with E-state index in [1.54, 1.807) is 12.1 Å². The number of anilines is 1. The molecule has 1 unspecified atom stereocenters. The summed E-state index contributed by atoms with van der Waals surface area (Å²) in [6.45, 7) is 5.94. The van der Waals surface area contributed by atoms with Crippen molar-refractivity contribution in [3.63, 3.8) is 0 Å². The fourth-order valence-electron chi connectivity index (χ4n) is 1.80. The molecular weight excluding hydrogens is 260 g/mol. The second-order valence-electron chi connectivity index (χ2n) is 4.61. The molecule has 3 N–H and O–H groups in total. The number of benzene rings is 1. The Morgan fingerprint density at radius 1 is 1.37 bits per heavy atom. The third kappa shape index (κ3) is 4.67. The van der Waals surface area contributed by atoms with E-state index < -0.39 is 10.8 Å². The van der Waals surface area contributed by atoms with Crippen LogP contribution in [0, 0.1) is 6.92 Å². The van der Waals surface area contributed by atoms with E-state index in [4.69, 9.17) is 5.73 Å². The minimum absolute atomic E-state index is 0.0375. The van der Waals surface area contributed by atoms with Crippen LogP contribution in [-0.4, -0.2) is 21.9 Å². The zero-order chi connectivity index (χ0) is 14.4. The Kier molecular flexibility index (Phi) is 6.02. The van der Waals surface area contributed by atoms with Gasteiger partial charge in [-0.3, -0.25) is 9.00 Å². The molecule has 0 bridgehead atoms. The summed E-state index contributed by atoms with van der Waals surface area (Å²) in [7, 11) is -1.39. The Bertz CT molecular complexity index is 471. The normalized spacial score (nSPS) is 12.4. The summed E-state index contributed by atoms with van der Waals surface area (Å²) >= 11 is 0. The van der Waals surface area contributed by atoms with Crippen molar-refractivity contribution < 1.29 is 9.00 Å². The topological polar surface area (TPSA) is 72.2 Å². The Morgan fingerprint density at radius 3 is 2.58 bits per heavy atom. The van der Waals surface area contributed by atoms with E-state index in [2.05, 4.69) is 5.32 Å². The van der Waals surface area contributed by atoms with Gasteiger partial charge in [-0.15, -0.1) is 0 Å². The summed E-state index contributed by atoms with van der Waals surface area (Å²) in [6.07, 6.45) is 1.75. The van der Waals surface area contributed by atoms with E-state index in [-0.39, 0.29) is 17.7 Å². The first-order chi connectivity index (χ1) is 8.97. The van der Waals surface area contributed by atoms with Crippen molar-refractivity contribution in [1.29, 1.82) is 0 Å². The van der Waals surface area contributed by atoms with Crippen LogP contribution in [-0.2, 0) is 15.6 Å². The lowest BCUT2D eigenvalue weighted by atomic mass is 10.2. The maximum Gasteiger partial charge on any atom is 0.233 e. The van der Waals surface area contributed by atoms with Gasteiger partial charge in [-0.1, -0.05) is 19.9 Å². The number of rotatable bonds is 6. The summed E-state index contributed by atoms with van der Waals surface area (Å²) in [6, 6.07) is 5.51. The highest BCUT2D eigenvalue weighted by atomic mass is 32.2. The molecule has 4 nitrogen and oxygen atoms in total. The van der Waals surface area contributed by atoms with Crippen LogP contribution in [0.25, 0.3) is 0 Å². The lowest BCUT2D eigenvalue weighted by Crippen LogP contribution is -2.36. The highest BCUT2D eigenvalue weighted by Crippen LogP contribution is 2.18. The SMILES string of the molecule is CCC(CC)NC(=O)CS(=O)c1cc(C)ccc1N. The molecular formula is C14H22N2O2S. The number of hydrogen-bond donors (Lipinski definition) is 2.